The second-order valence-corrected chi connectivity index (χ2v) is 6.68. The Hall–Kier alpha value is -2.13. The highest BCUT2D eigenvalue weighted by Crippen LogP contribution is 2.33. The number of nitrogens with zero attached hydrogens (tertiary/aromatic N) is 1. The van der Waals surface area contributed by atoms with Gasteiger partial charge in [-0.2, -0.15) is 11.3 Å². The quantitative estimate of drug-likeness (QED) is 0.707. The first-order chi connectivity index (χ1) is 10.7. The molecule has 1 aromatic heterocycles. The number of hydrogen-bond acceptors (Lipinski definition) is 2. The number of hydrogen-bond donors (Lipinski definition) is 0. The average Bonchev–Trinajstić information content (AvgIpc) is 3.18. The van der Waals surface area contributed by atoms with Crippen molar-refractivity contribution in [2.75, 3.05) is 7.05 Å². The molecular weight excluding hydrogens is 290 g/mol. The molecule has 0 saturated carbocycles. The normalized spacial score (nSPS) is 12.8. The van der Waals surface area contributed by atoms with Crippen molar-refractivity contribution in [1.29, 1.82) is 0 Å². The molecular formula is C19H17NOS. The van der Waals surface area contributed by atoms with Gasteiger partial charge in [0.25, 0.3) is 5.91 Å². The number of carbonyl (C=O) groups is 1. The fourth-order valence-corrected chi connectivity index (χ4v) is 4.03. The summed E-state index contributed by atoms with van der Waals surface area (Å²) in [5.41, 5.74) is 4.76. The first-order valence-corrected chi connectivity index (χ1v) is 8.48. The fraction of sp³-hybridized carbons (Fsp3) is 0.211. The summed E-state index contributed by atoms with van der Waals surface area (Å²) in [6.45, 7) is 0.658. The van der Waals surface area contributed by atoms with E-state index in [1.807, 2.05) is 18.5 Å². The average molecular weight is 307 g/mol. The van der Waals surface area contributed by atoms with Gasteiger partial charge in [0.05, 0.1) is 0 Å². The van der Waals surface area contributed by atoms with Crippen molar-refractivity contribution in [3.63, 3.8) is 0 Å². The molecule has 4 rings (SSSR count). The van der Waals surface area contributed by atoms with Gasteiger partial charge in [0.1, 0.15) is 0 Å². The topological polar surface area (TPSA) is 20.3 Å². The summed E-state index contributed by atoms with van der Waals surface area (Å²) in [6.07, 6.45) is 2.18. The highest BCUT2D eigenvalue weighted by molar-refractivity contribution is 7.07. The van der Waals surface area contributed by atoms with Crippen LogP contribution in [0.1, 0.15) is 27.0 Å². The lowest BCUT2D eigenvalue weighted by Gasteiger charge is -2.18. The predicted molar refractivity (Wildman–Crippen MR) is 91.5 cm³/mol. The van der Waals surface area contributed by atoms with Crippen LogP contribution in [-0.2, 0) is 19.4 Å². The lowest BCUT2D eigenvalue weighted by Crippen LogP contribution is -2.26. The zero-order valence-electron chi connectivity index (χ0n) is 12.5. The van der Waals surface area contributed by atoms with E-state index in [-0.39, 0.29) is 5.91 Å². The van der Waals surface area contributed by atoms with Gasteiger partial charge in [-0.25, -0.2) is 0 Å². The smallest absolute Gasteiger partial charge is 0.254 e. The summed E-state index contributed by atoms with van der Waals surface area (Å²) >= 11 is 1.67. The lowest BCUT2D eigenvalue weighted by molar-refractivity contribution is 0.0787. The molecule has 0 spiro atoms. The van der Waals surface area contributed by atoms with Crippen molar-refractivity contribution < 1.29 is 4.79 Å². The van der Waals surface area contributed by atoms with E-state index in [9.17, 15) is 4.79 Å². The van der Waals surface area contributed by atoms with Gasteiger partial charge in [0.2, 0.25) is 0 Å². The summed E-state index contributed by atoms with van der Waals surface area (Å²) < 4.78 is 0. The molecule has 1 aliphatic carbocycles. The molecule has 3 heteroatoms. The summed E-state index contributed by atoms with van der Waals surface area (Å²) in [4.78, 5) is 14.7. The molecule has 1 amide bonds. The molecule has 2 nitrogen and oxygen atoms in total. The largest absolute Gasteiger partial charge is 0.337 e. The third-order valence-corrected chi connectivity index (χ3v) is 5.19. The maximum atomic E-state index is 12.9. The van der Waals surface area contributed by atoms with Crippen molar-refractivity contribution in [3.8, 4) is 0 Å². The van der Waals surface area contributed by atoms with E-state index in [1.54, 1.807) is 16.2 Å². The number of thiophene rings is 1. The number of carbonyl (C=O) groups excluding carboxylic acids is 1. The molecule has 0 fully saturated rings. The summed E-state index contributed by atoms with van der Waals surface area (Å²) in [7, 11) is 1.88. The molecule has 0 saturated heterocycles. The van der Waals surface area contributed by atoms with Gasteiger partial charge in [-0.3, -0.25) is 4.79 Å². The van der Waals surface area contributed by atoms with Gasteiger partial charge in [0, 0.05) is 19.2 Å². The highest BCUT2D eigenvalue weighted by Gasteiger charge is 2.20. The van der Waals surface area contributed by atoms with E-state index in [4.69, 9.17) is 0 Å². The van der Waals surface area contributed by atoms with Crippen LogP contribution in [0.25, 0.3) is 10.8 Å². The van der Waals surface area contributed by atoms with Gasteiger partial charge in [-0.05, 0) is 63.2 Å². The Morgan fingerprint density at radius 2 is 1.95 bits per heavy atom. The molecule has 110 valence electrons. The van der Waals surface area contributed by atoms with E-state index in [1.165, 1.54) is 22.1 Å². The van der Waals surface area contributed by atoms with Gasteiger partial charge in [0.15, 0.2) is 0 Å². The number of amides is 1. The van der Waals surface area contributed by atoms with Gasteiger partial charge < -0.3 is 4.90 Å². The second kappa shape index (κ2) is 5.25. The van der Waals surface area contributed by atoms with E-state index >= 15 is 0 Å². The molecule has 1 aliphatic rings. The van der Waals surface area contributed by atoms with Crippen molar-refractivity contribution in [1.82, 2.24) is 4.90 Å². The maximum absolute atomic E-state index is 12.9. The van der Waals surface area contributed by atoms with E-state index in [2.05, 4.69) is 35.7 Å². The molecule has 1 heterocycles. The minimum atomic E-state index is 0.0989. The van der Waals surface area contributed by atoms with Crippen LogP contribution >= 0.6 is 11.3 Å². The molecule has 22 heavy (non-hydrogen) atoms. The minimum absolute atomic E-state index is 0.0989. The molecule has 3 aromatic rings. The Labute approximate surface area is 134 Å². The molecule has 0 radical (unpaired) electrons. The Kier molecular flexibility index (Phi) is 3.23. The van der Waals surface area contributed by atoms with Gasteiger partial charge >= 0.3 is 0 Å². The van der Waals surface area contributed by atoms with Crippen LogP contribution in [0.4, 0.5) is 0 Å². The Morgan fingerprint density at radius 3 is 2.73 bits per heavy atom. The van der Waals surface area contributed by atoms with Crippen LogP contribution in [0, 0.1) is 0 Å². The van der Waals surface area contributed by atoms with Crippen LogP contribution in [-0.4, -0.2) is 17.9 Å². The van der Waals surface area contributed by atoms with Crippen LogP contribution in [0.15, 0.2) is 47.2 Å². The molecule has 2 aromatic carbocycles. The Balaban J connectivity index is 1.73. The number of aryl methyl sites for hydroxylation is 2. The summed E-state index contributed by atoms with van der Waals surface area (Å²) in [5, 5.41) is 6.55. The Morgan fingerprint density at radius 1 is 1.14 bits per heavy atom. The maximum Gasteiger partial charge on any atom is 0.254 e. The van der Waals surface area contributed by atoms with Crippen LogP contribution in [0.2, 0.25) is 0 Å². The van der Waals surface area contributed by atoms with Gasteiger partial charge in [-0.15, -0.1) is 0 Å². The molecule has 0 aliphatic heterocycles. The van der Waals surface area contributed by atoms with Crippen molar-refractivity contribution in [2.45, 2.75) is 19.4 Å². The third kappa shape index (κ3) is 2.13. The SMILES string of the molecule is CN(Cc1ccsc1)C(=O)c1ccc2c3c(cccc13)CC2. The van der Waals surface area contributed by atoms with Crippen molar-refractivity contribution in [2.24, 2.45) is 0 Å². The number of rotatable bonds is 3. The van der Waals surface area contributed by atoms with Crippen LogP contribution in [0.5, 0.6) is 0 Å². The summed E-state index contributed by atoms with van der Waals surface area (Å²) in [6, 6.07) is 12.5. The molecule has 0 atom stereocenters. The lowest BCUT2D eigenvalue weighted by atomic mass is 9.99. The fourth-order valence-electron chi connectivity index (χ4n) is 3.37. The van der Waals surface area contributed by atoms with Crippen molar-refractivity contribution >= 4 is 28.0 Å². The van der Waals surface area contributed by atoms with Crippen LogP contribution < -0.4 is 0 Å². The molecule has 0 bridgehead atoms. The van der Waals surface area contributed by atoms with E-state index in [0.717, 1.165) is 23.8 Å². The summed E-state index contributed by atoms with van der Waals surface area (Å²) in [5.74, 6) is 0.0989. The number of benzene rings is 2. The van der Waals surface area contributed by atoms with Crippen LogP contribution in [0.3, 0.4) is 0 Å². The molecule has 0 N–H and O–H groups in total. The van der Waals surface area contributed by atoms with Crippen molar-refractivity contribution in [3.05, 3.63) is 69.4 Å². The monoisotopic (exact) mass is 307 g/mol. The Bertz CT molecular complexity index is 841. The zero-order chi connectivity index (χ0) is 15.1. The minimum Gasteiger partial charge on any atom is -0.337 e. The standard InChI is InChI=1S/C19H17NOS/c1-20(11-13-9-10-22-12-13)19(21)17-8-7-15-6-5-14-3-2-4-16(17)18(14)15/h2-4,7-10,12H,5-6,11H2,1H3. The predicted octanol–water partition coefficient (Wildman–Crippen LogP) is 4.27. The van der Waals surface area contributed by atoms with Gasteiger partial charge in [-0.1, -0.05) is 24.3 Å². The first kappa shape index (κ1) is 13.5. The first-order valence-electron chi connectivity index (χ1n) is 7.54. The third-order valence-electron chi connectivity index (χ3n) is 4.45. The van der Waals surface area contributed by atoms with E-state index < -0.39 is 0 Å². The highest BCUT2D eigenvalue weighted by atomic mass is 32.1. The second-order valence-electron chi connectivity index (χ2n) is 5.90. The zero-order valence-corrected chi connectivity index (χ0v) is 13.3. The molecule has 0 unspecified atom stereocenters. The van der Waals surface area contributed by atoms with E-state index in [0.29, 0.717) is 6.54 Å².